The van der Waals surface area contributed by atoms with E-state index in [1.807, 2.05) is 30.3 Å². The van der Waals surface area contributed by atoms with Crippen molar-refractivity contribution in [3.63, 3.8) is 0 Å². The molecule has 2 atom stereocenters. The maximum Gasteiger partial charge on any atom is 0.150 e. The Kier molecular flexibility index (Phi) is 3.85. The largest absolute Gasteiger partial charge is 0.385 e. The first-order valence-corrected chi connectivity index (χ1v) is 8.67. The van der Waals surface area contributed by atoms with Crippen LogP contribution in [-0.4, -0.2) is 28.2 Å². The lowest BCUT2D eigenvalue weighted by molar-refractivity contribution is -0.0806. The molecule has 0 bridgehead atoms. The highest BCUT2D eigenvalue weighted by atomic mass is 19.1. The van der Waals surface area contributed by atoms with Gasteiger partial charge in [0, 0.05) is 37.3 Å². The highest BCUT2D eigenvalue weighted by Gasteiger charge is 2.43. The molecule has 0 aliphatic carbocycles. The minimum Gasteiger partial charge on any atom is -0.385 e. The van der Waals surface area contributed by atoms with Crippen molar-refractivity contribution >= 4 is 11.0 Å². The summed E-state index contributed by atoms with van der Waals surface area (Å²) < 4.78 is 14.1. The van der Waals surface area contributed by atoms with Gasteiger partial charge in [0.1, 0.15) is 5.65 Å². The van der Waals surface area contributed by atoms with Crippen molar-refractivity contribution in [2.75, 3.05) is 13.1 Å². The van der Waals surface area contributed by atoms with Gasteiger partial charge in [0.2, 0.25) is 0 Å². The van der Waals surface area contributed by atoms with E-state index in [-0.39, 0.29) is 17.7 Å². The standard InChI is InChI=1S/C20H22FN3O/c1-12-9-22-10-13(2)20(12,25)15-5-3-14(4-6-15)16-7-8-23-19-18(16)17(21)11-24-19/h3-8,11-13,22,25H,9-10H2,1-2H3,(H,23,24). The number of H-pyrrole nitrogens is 1. The second-order valence-electron chi connectivity index (χ2n) is 7.08. The van der Waals surface area contributed by atoms with Crippen LogP contribution < -0.4 is 5.32 Å². The van der Waals surface area contributed by atoms with Gasteiger partial charge in [-0.1, -0.05) is 38.1 Å². The van der Waals surface area contributed by atoms with E-state index in [1.54, 1.807) is 6.20 Å². The topological polar surface area (TPSA) is 60.9 Å². The van der Waals surface area contributed by atoms with E-state index in [0.29, 0.717) is 11.0 Å². The molecule has 130 valence electrons. The summed E-state index contributed by atoms with van der Waals surface area (Å²) in [6.07, 6.45) is 3.00. The van der Waals surface area contributed by atoms with Gasteiger partial charge >= 0.3 is 0 Å². The van der Waals surface area contributed by atoms with Gasteiger partial charge in [0.05, 0.1) is 11.0 Å². The Labute approximate surface area is 146 Å². The Morgan fingerprint density at radius 3 is 2.48 bits per heavy atom. The number of aromatic amines is 1. The normalized spacial score (nSPS) is 26.9. The lowest BCUT2D eigenvalue weighted by Crippen LogP contribution is -2.52. The third-order valence-electron chi connectivity index (χ3n) is 5.59. The molecule has 1 saturated heterocycles. The van der Waals surface area contributed by atoms with Crippen molar-refractivity contribution in [2.45, 2.75) is 19.4 Å². The van der Waals surface area contributed by atoms with Crippen molar-refractivity contribution in [2.24, 2.45) is 11.8 Å². The summed E-state index contributed by atoms with van der Waals surface area (Å²) in [6, 6.07) is 9.65. The Bertz CT molecular complexity index is 893. The molecule has 4 nitrogen and oxygen atoms in total. The van der Waals surface area contributed by atoms with E-state index in [2.05, 4.69) is 29.1 Å². The fraction of sp³-hybridized carbons (Fsp3) is 0.350. The highest BCUT2D eigenvalue weighted by Crippen LogP contribution is 2.40. The zero-order valence-corrected chi connectivity index (χ0v) is 14.4. The van der Waals surface area contributed by atoms with Gasteiger partial charge in [-0.25, -0.2) is 9.37 Å². The number of aliphatic hydroxyl groups is 1. The molecule has 2 aromatic heterocycles. The molecule has 2 unspecified atom stereocenters. The summed E-state index contributed by atoms with van der Waals surface area (Å²) in [6.45, 7) is 5.72. The smallest absolute Gasteiger partial charge is 0.150 e. The number of benzene rings is 1. The van der Waals surface area contributed by atoms with E-state index in [1.165, 1.54) is 6.20 Å². The Hall–Kier alpha value is -2.24. The fourth-order valence-electron chi connectivity index (χ4n) is 4.06. The van der Waals surface area contributed by atoms with Crippen molar-refractivity contribution < 1.29 is 9.50 Å². The van der Waals surface area contributed by atoms with Crippen molar-refractivity contribution in [1.29, 1.82) is 0 Å². The van der Waals surface area contributed by atoms with Crippen LogP contribution in [0, 0.1) is 17.7 Å². The van der Waals surface area contributed by atoms with E-state index in [9.17, 15) is 9.50 Å². The van der Waals surface area contributed by atoms with Gasteiger partial charge in [-0.3, -0.25) is 0 Å². The molecule has 3 heterocycles. The lowest BCUT2D eigenvalue weighted by atomic mass is 9.71. The molecule has 25 heavy (non-hydrogen) atoms. The van der Waals surface area contributed by atoms with Crippen molar-refractivity contribution in [3.8, 4) is 11.1 Å². The molecule has 3 N–H and O–H groups in total. The van der Waals surface area contributed by atoms with Crippen LogP contribution in [-0.2, 0) is 5.60 Å². The molecule has 0 spiro atoms. The number of nitrogens with one attached hydrogen (secondary N) is 2. The maximum atomic E-state index is 14.1. The molecule has 5 heteroatoms. The third-order valence-corrected chi connectivity index (χ3v) is 5.59. The van der Waals surface area contributed by atoms with Crippen LogP contribution in [0.25, 0.3) is 22.2 Å². The van der Waals surface area contributed by atoms with Crippen LogP contribution in [0.2, 0.25) is 0 Å². The first-order valence-electron chi connectivity index (χ1n) is 8.67. The van der Waals surface area contributed by atoms with Crippen LogP contribution >= 0.6 is 0 Å². The van der Waals surface area contributed by atoms with E-state index < -0.39 is 5.60 Å². The number of rotatable bonds is 2. The highest BCUT2D eigenvalue weighted by molar-refractivity contribution is 5.93. The minimum atomic E-state index is -0.851. The van der Waals surface area contributed by atoms with Gasteiger partial charge in [0.15, 0.2) is 5.82 Å². The van der Waals surface area contributed by atoms with Gasteiger partial charge in [0.25, 0.3) is 0 Å². The maximum absolute atomic E-state index is 14.1. The van der Waals surface area contributed by atoms with Crippen molar-refractivity contribution in [3.05, 3.63) is 54.1 Å². The van der Waals surface area contributed by atoms with Gasteiger partial charge < -0.3 is 15.4 Å². The molecule has 3 aromatic rings. The molecule has 1 fully saturated rings. The molecule has 1 aliphatic heterocycles. The monoisotopic (exact) mass is 339 g/mol. The van der Waals surface area contributed by atoms with Gasteiger partial charge in [-0.05, 0) is 22.8 Å². The summed E-state index contributed by atoms with van der Waals surface area (Å²) in [7, 11) is 0. The number of fused-ring (bicyclic) bond motifs is 1. The van der Waals surface area contributed by atoms with Crippen LogP contribution in [0.4, 0.5) is 4.39 Å². The molecular weight excluding hydrogens is 317 g/mol. The zero-order valence-electron chi connectivity index (χ0n) is 14.4. The molecule has 0 saturated carbocycles. The number of halogens is 1. The van der Waals surface area contributed by atoms with Gasteiger partial charge in [-0.15, -0.1) is 0 Å². The summed E-state index contributed by atoms with van der Waals surface area (Å²) in [5.41, 5.74) is 2.31. The van der Waals surface area contributed by atoms with E-state index >= 15 is 0 Å². The van der Waals surface area contributed by atoms with Crippen LogP contribution in [0.5, 0.6) is 0 Å². The predicted octanol–water partition coefficient (Wildman–Crippen LogP) is 3.43. The Morgan fingerprint density at radius 2 is 1.80 bits per heavy atom. The first kappa shape index (κ1) is 16.2. The fourth-order valence-corrected chi connectivity index (χ4v) is 4.06. The second-order valence-corrected chi connectivity index (χ2v) is 7.08. The summed E-state index contributed by atoms with van der Waals surface area (Å²) in [5.74, 6) is -0.0601. The Balaban J connectivity index is 1.76. The average molecular weight is 339 g/mol. The van der Waals surface area contributed by atoms with Crippen molar-refractivity contribution in [1.82, 2.24) is 15.3 Å². The molecule has 4 rings (SSSR count). The van der Waals surface area contributed by atoms with E-state index in [4.69, 9.17) is 0 Å². The predicted molar refractivity (Wildman–Crippen MR) is 96.6 cm³/mol. The molecule has 1 aromatic carbocycles. The number of piperidine rings is 1. The lowest BCUT2D eigenvalue weighted by Gasteiger charge is -2.44. The molecular formula is C20H22FN3O. The molecule has 1 aliphatic rings. The molecule has 0 amide bonds. The number of aromatic nitrogens is 2. The van der Waals surface area contributed by atoms with Crippen LogP contribution in [0.1, 0.15) is 19.4 Å². The van der Waals surface area contributed by atoms with Crippen LogP contribution in [0.3, 0.4) is 0 Å². The number of hydrogen-bond acceptors (Lipinski definition) is 3. The van der Waals surface area contributed by atoms with Crippen LogP contribution in [0.15, 0.2) is 42.7 Å². The summed E-state index contributed by atoms with van der Waals surface area (Å²) in [4.78, 5) is 7.01. The number of pyridine rings is 1. The summed E-state index contributed by atoms with van der Waals surface area (Å²) >= 11 is 0. The Morgan fingerprint density at radius 1 is 1.12 bits per heavy atom. The average Bonchev–Trinajstić information content (AvgIpc) is 3.01. The SMILES string of the molecule is CC1CNCC(C)C1(O)c1ccc(-c2ccnc3[nH]cc(F)c23)cc1. The first-order chi connectivity index (χ1) is 12.0. The summed E-state index contributed by atoms with van der Waals surface area (Å²) in [5, 5.41) is 15.2. The molecule has 0 radical (unpaired) electrons. The zero-order chi connectivity index (χ0) is 17.6. The van der Waals surface area contributed by atoms with E-state index in [0.717, 1.165) is 29.8 Å². The van der Waals surface area contributed by atoms with Gasteiger partial charge in [-0.2, -0.15) is 0 Å². The number of hydrogen-bond donors (Lipinski definition) is 3. The second kappa shape index (κ2) is 5.93. The quantitative estimate of drug-likeness (QED) is 0.670. The third kappa shape index (κ3) is 2.46. The minimum absolute atomic E-state index is 0.122. The number of nitrogens with zero attached hydrogens (tertiary/aromatic N) is 1.